The quantitative estimate of drug-likeness (QED) is 0.271. The predicted octanol–water partition coefficient (Wildman–Crippen LogP) is 1.79. The van der Waals surface area contributed by atoms with E-state index in [2.05, 4.69) is 28.5 Å². The fourth-order valence-electron chi connectivity index (χ4n) is 0.155. The number of unbranched alkanes of at least 4 members (excludes halogenated alkanes) is 1. The standard InChI is InChI=1S/C5H6I/c1-2-3-4-5-6/h3-5H2. The minimum absolute atomic E-state index is 0.822. The van der Waals surface area contributed by atoms with Crippen molar-refractivity contribution >= 4 is 22.6 Å². The molecule has 0 atom stereocenters. The first-order valence-corrected chi connectivity index (χ1v) is 3.40. The van der Waals surface area contributed by atoms with Crippen LogP contribution in [-0.2, 0) is 0 Å². The summed E-state index contributed by atoms with van der Waals surface area (Å²) in [5.74, 6) is 2.31. The molecule has 0 amide bonds. The van der Waals surface area contributed by atoms with E-state index in [1.165, 1.54) is 0 Å². The summed E-state index contributed by atoms with van der Waals surface area (Å²) in [7, 11) is 0. The van der Waals surface area contributed by atoms with Gasteiger partial charge in [-0.15, -0.1) is 0 Å². The lowest BCUT2D eigenvalue weighted by Gasteiger charge is -1.77. The summed E-state index contributed by atoms with van der Waals surface area (Å²) in [5, 5.41) is 0. The molecule has 0 rings (SSSR count). The van der Waals surface area contributed by atoms with E-state index in [4.69, 9.17) is 6.42 Å². The van der Waals surface area contributed by atoms with Gasteiger partial charge < -0.3 is 0 Å². The third-order valence-electron chi connectivity index (χ3n) is 0.435. The van der Waals surface area contributed by atoms with E-state index in [0.717, 1.165) is 17.3 Å². The van der Waals surface area contributed by atoms with Crippen molar-refractivity contribution in [2.75, 3.05) is 4.43 Å². The van der Waals surface area contributed by atoms with Crippen LogP contribution < -0.4 is 0 Å². The van der Waals surface area contributed by atoms with Gasteiger partial charge >= 0.3 is 0 Å². The van der Waals surface area contributed by atoms with Crippen molar-refractivity contribution in [1.29, 1.82) is 0 Å². The van der Waals surface area contributed by atoms with Gasteiger partial charge in [-0.05, 0) is 12.8 Å². The van der Waals surface area contributed by atoms with Crippen molar-refractivity contribution in [1.82, 2.24) is 0 Å². The molecule has 6 heavy (non-hydrogen) atoms. The van der Waals surface area contributed by atoms with Gasteiger partial charge in [-0.2, -0.15) is 0 Å². The number of alkyl halides is 1. The van der Waals surface area contributed by atoms with Gasteiger partial charge in [-0.1, -0.05) is 28.5 Å². The van der Waals surface area contributed by atoms with Crippen molar-refractivity contribution in [2.24, 2.45) is 0 Å². The Kier molecular flexibility index (Phi) is 5.55. The van der Waals surface area contributed by atoms with E-state index in [0.29, 0.717) is 0 Å². The summed E-state index contributed by atoms with van der Waals surface area (Å²) in [6.45, 7) is 0. The highest BCUT2D eigenvalue weighted by Crippen LogP contribution is 1.90. The average Bonchev–Trinajstić information content (AvgIpc) is 1.61. The Balaban J connectivity index is 2.54. The van der Waals surface area contributed by atoms with Crippen LogP contribution in [0.3, 0.4) is 0 Å². The highest BCUT2D eigenvalue weighted by atomic mass is 127. The molecule has 0 unspecified atom stereocenters. The Bertz CT molecular complexity index is 51.4. The predicted molar refractivity (Wildman–Crippen MR) is 35.3 cm³/mol. The number of hydrogen-bond donors (Lipinski definition) is 0. The van der Waals surface area contributed by atoms with E-state index in [9.17, 15) is 0 Å². The molecule has 0 aliphatic carbocycles. The van der Waals surface area contributed by atoms with Gasteiger partial charge in [-0.3, -0.25) is 0 Å². The minimum Gasteiger partial charge on any atom is -0.0891 e. The molecule has 1 radical (unpaired) electrons. The van der Waals surface area contributed by atoms with E-state index in [-0.39, 0.29) is 0 Å². The van der Waals surface area contributed by atoms with E-state index in [1.54, 1.807) is 0 Å². The third kappa shape index (κ3) is 4.29. The molecular formula is C5H6I. The molecule has 0 bridgehead atoms. The van der Waals surface area contributed by atoms with E-state index in [1.807, 2.05) is 0 Å². The second-order valence-electron chi connectivity index (χ2n) is 0.969. The zero-order valence-corrected chi connectivity index (χ0v) is 5.66. The normalized spacial score (nSPS) is 7.33. The van der Waals surface area contributed by atoms with Crippen LogP contribution >= 0.6 is 22.6 Å². The molecule has 0 nitrogen and oxygen atoms in total. The zero-order chi connectivity index (χ0) is 4.83. The summed E-state index contributed by atoms with van der Waals surface area (Å²) in [6.07, 6.45) is 8.38. The van der Waals surface area contributed by atoms with Crippen LogP contribution in [0.25, 0.3) is 0 Å². The lowest BCUT2D eigenvalue weighted by atomic mass is 10.4. The van der Waals surface area contributed by atoms with Gasteiger partial charge in [0.2, 0.25) is 0 Å². The van der Waals surface area contributed by atoms with Crippen LogP contribution in [0.1, 0.15) is 12.8 Å². The number of hydrogen-bond acceptors (Lipinski definition) is 0. The molecule has 0 saturated carbocycles. The van der Waals surface area contributed by atoms with Crippen LogP contribution in [0, 0.1) is 12.3 Å². The van der Waals surface area contributed by atoms with Crippen LogP contribution in [0.4, 0.5) is 0 Å². The van der Waals surface area contributed by atoms with Crippen molar-refractivity contribution in [3.63, 3.8) is 0 Å². The lowest BCUT2D eigenvalue weighted by molar-refractivity contribution is 1.01. The Hall–Kier alpha value is 0.290. The van der Waals surface area contributed by atoms with E-state index >= 15 is 0 Å². The molecule has 0 N–H and O–H groups in total. The Morgan fingerprint density at radius 1 is 1.67 bits per heavy atom. The summed E-state index contributed by atoms with van der Waals surface area (Å²) in [6, 6.07) is 0. The Labute approximate surface area is 52.5 Å². The van der Waals surface area contributed by atoms with Crippen LogP contribution in [0.15, 0.2) is 0 Å². The second kappa shape index (κ2) is 5.29. The van der Waals surface area contributed by atoms with Crippen molar-refractivity contribution < 1.29 is 0 Å². The fourth-order valence-corrected chi connectivity index (χ4v) is 0.537. The van der Waals surface area contributed by atoms with Gasteiger partial charge in [0.1, 0.15) is 0 Å². The van der Waals surface area contributed by atoms with Crippen LogP contribution in [0.5, 0.6) is 0 Å². The van der Waals surface area contributed by atoms with E-state index < -0.39 is 0 Å². The molecule has 1 heteroatoms. The smallest absolute Gasteiger partial charge is 0.0106 e. The van der Waals surface area contributed by atoms with Gasteiger partial charge in [0.15, 0.2) is 0 Å². The third-order valence-corrected chi connectivity index (χ3v) is 1.20. The highest BCUT2D eigenvalue weighted by Gasteiger charge is 1.73. The Morgan fingerprint density at radius 2 is 2.33 bits per heavy atom. The van der Waals surface area contributed by atoms with Crippen molar-refractivity contribution in [3.05, 3.63) is 6.42 Å². The maximum absolute atomic E-state index is 6.45. The molecule has 33 valence electrons. The first kappa shape index (κ1) is 6.29. The largest absolute Gasteiger partial charge is 0.0891 e. The van der Waals surface area contributed by atoms with Gasteiger partial charge in [-0.25, -0.2) is 0 Å². The number of halogens is 1. The second-order valence-corrected chi connectivity index (χ2v) is 2.05. The molecule has 0 spiro atoms. The van der Waals surface area contributed by atoms with Gasteiger partial charge in [0, 0.05) is 10.8 Å². The molecule has 0 saturated heterocycles. The molecule has 0 aromatic rings. The van der Waals surface area contributed by atoms with Gasteiger partial charge in [0.25, 0.3) is 0 Å². The molecule has 0 aromatic heterocycles. The maximum Gasteiger partial charge on any atom is 0.0106 e. The lowest BCUT2D eigenvalue weighted by Crippen LogP contribution is -1.67. The highest BCUT2D eigenvalue weighted by molar-refractivity contribution is 14.1. The number of rotatable bonds is 2. The molecule has 0 aliphatic rings. The van der Waals surface area contributed by atoms with Crippen LogP contribution in [-0.4, -0.2) is 4.43 Å². The molecule has 0 heterocycles. The van der Waals surface area contributed by atoms with Crippen molar-refractivity contribution in [2.45, 2.75) is 12.8 Å². The molecule has 0 aliphatic heterocycles. The zero-order valence-electron chi connectivity index (χ0n) is 3.50. The first-order chi connectivity index (χ1) is 2.91. The molecule has 0 fully saturated rings. The van der Waals surface area contributed by atoms with Crippen LogP contribution in [0.2, 0.25) is 0 Å². The minimum atomic E-state index is 0.822. The summed E-state index contributed by atoms with van der Waals surface area (Å²) >= 11 is 2.29. The SMILES string of the molecule is [C]#CCCCI. The maximum atomic E-state index is 6.45. The summed E-state index contributed by atoms with van der Waals surface area (Å²) in [4.78, 5) is 0. The fraction of sp³-hybridized carbons (Fsp3) is 0.600. The monoisotopic (exact) mass is 193 g/mol. The van der Waals surface area contributed by atoms with Crippen molar-refractivity contribution in [3.8, 4) is 5.92 Å². The van der Waals surface area contributed by atoms with Gasteiger partial charge in [0.05, 0.1) is 0 Å². The summed E-state index contributed by atoms with van der Waals surface area (Å²) in [5.41, 5.74) is 0. The topological polar surface area (TPSA) is 0 Å². The molecule has 0 aromatic carbocycles. The average molecular weight is 193 g/mol. The summed E-state index contributed by atoms with van der Waals surface area (Å²) < 4.78 is 1.14. The molecular weight excluding hydrogens is 187 g/mol. The first-order valence-electron chi connectivity index (χ1n) is 1.87. The Morgan fingerprint density at radius 3 is 2.50 bits per heavy atom.